The molecule has 1 aromatic heterocycles. The van der Waals surface area contributed by atoms with Gasteiger partial charge < -0.3 is 15.3 Å². The number of β-amino-alcohol motifs (C(OH)–C–C–N with tert-alkyl or cyclic N) is 1. The van der Waals surface area contributed by atoms with Crippen molar-refractivity contribution in [3.63, 3.8) is 0 Å². The minimum Gasteiger partial charge on any atom is -0.391 e. The summed E-state index contributed by atoms with van der Waals surface area (Å²) in [6.45, 7) is 11.8. The van der Waals surface area contributed by atoms with Gasteiger partial charge in [-0.1, -0.05) is 58.9 Å². The molecule has 1 aliphatic rings. The van der Waals surface area contributed by atoms with E-state index in [0.29, 0.717) is 12.8 Å². The first-order valence-corrected chi connectivity index (χ1v) is 13.5. The zero-order chi connectivity index (χ0) is 26.6. The van der Waals surface area contributed by atoms with E-state index in [0.717, 1.165) is 21.7 Å². The largest absolute Gasteiger partial charge is 0.391 e. The Morgan fingerprint density at radius 3 is 2.42 bits per heavy atom. The second-order valence-electron chi connectivity index (χ2n) is 11.4. The fourth-order valence-corrected chi connectivity index (χ4v) is 5.41. The predicted octanol–water partition coefficient (Wildman–Crippen LogP) is 4.16. The van der Waals surface area contributed by atoms with Gasteiger partial charge >= 0.3 is 0 Å². The zero-order valence-electron chi connectivity index (χ0n) is 22.2. The van der Waals surface area contributed by atoms with E-state index in [-0.39, 0.29) is 48.3 Å². The number of thiazole rings is 1. The van der Waals surface area contributed by atoms with Crippen LogP contribution in [0.5, 0.6) is 0 Å². The van der Waals surface area contributed by atoms with Crippen LogP contribution in [0.1, 0.15) is 65.1 Å². The quantitative estimate of drug-likeness (QED) is 0.525. The Bertz CT molecular complexity index is 1070. The maximum Gasteiger partial charge on any atom is 0.246 e. The van der Waals surface area contributed by atoms with E-state index in [4.69, 9.17) is 0 Å². The van der Waals surface area contributed by atoms with Crippen LogP contribution >= 0.6 is 11.3 Å². The Kier molecular flexibility index (Phi) is 9.06. The van der Waals surface area contributed by atoms with Crippen LogP contribution in [0, 0.1) is 18.3 Å². The number of nitrogens with one attached hydrogen (secondary N) is 1. The molecule has 7 nitrogen and oxygen atoms in total. The van der Waals surface area contributed by atoms with Gasteiger partial charge in [0.25, 0.3) is 0 Å². The average Bonchev–Trinajstić information content (AvgIpc) is 3.40. The number of nitrogens with zero attached hydrogens (tertiary/aromatic N) is 2. The van der Waals surface area contributed by atoms with Crippen LogP contribution in [-0.4, -0.2) is 57.3 Å². The van der Waals surface area contributed by atoms with E-state index in [2.05, 4.69) is 10.3 Å². The number of rotatable bonds is 9. The third-order valence-electron chi connectivity index (χ3n) is 6.50. The van der Waals surface area contributed by atoms with Crippen molar-refractivity contribution in [2.75, 3.05) is 6.54 Å². The number of amides is 2. The lowest BCUT2D eigenvalue weighted by Gasteiger charge is -2.31. The van der Waals surface area contributed by atoms with Gasteiger partial charge in [-0.2, -0.15) is 0 Å². The van der Waals surface area contributed by atoms with E-state index in [1.54, 1.807) is 11.3 Å². The highest BCUT2D eigenvalue weighted by Gasteiger charge is 2.41. The number of hydrogen-bond donors (Lipinski definition) is 2. The minimum atomic E-state index is -0.747. The van der Waals surface area contributed by atoms with Gasteiger partial charge in [0.2, 0.25) is 11.8 Å². The van der Waals surface area contributed by atoms with Gasteiger partial charge in [-0.15, -0.1) is 11.3 Å². The first-order valence-electron chi connectivity index (χ1n) is 12.7. The highest BCUT2D eigenvalue weighted by molar-refractivity contribution is 7.13. The minimum absolute atomic E-state index is 0.0641. The van der Waals surface area contributed by atoms with Crippen molar-refractivity contribution in [2.45, 2.75) is 85.4 Å². The number of aromatic nitrogens is 1. The van der Waals surface area contributed by atoms with Crippen LogP contribution in [0.4, 0.5) is 0 Å². The molecule has 3 atom stereocenters. The number of ketones is 1. The molecule has 0 spiro atoms. The number of carbonyl (C=O) groups is 3. The number of Topliss-reactive ketones (excluding diaryl/α,β-unsaturated/α-hetero) is 1. The Morgan fingerprint density at radius 1 is 1.19 bits per heavy atom. The molecule has 8 heteroatoms. The highest BCUT2D eigenvalue weighted by atomic mass is 32.1. The van der Waals surface area contributed by atoms with Gasteiger partial charge in [-0.3, -0.25) is 14.4 Å². The lowest BCUT2D eigenvalue weighted by Crippen LogP contribution is -2.54. The van der Waals surface area contributed by atoms with Gasteiger partial charge in [-0.25, -0.2) is 4.98 Å². The van der Waals surface area contributed by atoms with Crippen LogP contribution in [0.2, 0.25) is 0 Å². The molecule has 1 fully saturated rings. The molecule has 0 saturated carbocycles. The summed E-state index contributed by atoms with van der Waals surface area (Å²) in [5.74, 6) is -0.693. The summed E-state index contributed by atoms with van der Waals surface area (Å²) in [6, 6.07) is 6.73. The Labute approximate surface area is 218 Å². The van der Waals surface area contributed by atoms with Gasteiger partial charge in [0.1, 0.15) is 6.04 Å². The maximum atomic E-state index is 13.4. The number of carbonyl (C=O) groups excluding carboxylic acids is 3. The molecule has 0 radical (unpaired) electrons. The summed E-state index contributed by atoms with van der Waals surface area (Å²) in [5, 5.41) is 13.2. The van der Waals surface area contributed by atoms with Crippen LogP contribution in [0.3, 0.4) is 0 Å². The maximum absolute atomic E-state index is 13.4. The molecule has 0 aliphatic carbocycles. The third-order valence-corrected chi connectivity index (χ3v) is 7.47. The highest BCUT2D eigenvalue weighted by Crippen LogP contribution is 2.28. The summed E-state index contributed by atoms with van der Waals surface area (Å²) in [7, 11) is 0. The summed E-state index contributed by atoms with van der Waals surface area (Å²) < 4.78 is 0. The molecule has 0 bridgehead atoms. The van der Waals surface area contributed by atoms with Crippen LogP contribution in [-0.2, 0) is 20.8 Å². The second kappa shape index (κ2) is 11.6. The summed E-state index contributed by atoms with van der Waals surface area (Å²) >= 11 is 1.60. The molecule has 2 heterocycles. The third kappa shape index (κ3) is 7.23. The van der Waals surface area contributed by atoms with Crippen LogP contribution in [0.15, 0.2) is 29.8 Å². The van der Waals surface area contributed by atoms with Crippen molar-refractivity contribution < 1.29 is 19.5 Å². The van der Waals surface area contributed by atoms with Gasteiger partial charge in [0.15, 0.2) is 5.78 Å². The Hall–Kier alpha value is -2.58. The average molecular weight is 514 g/mol. The SMILES string of the molecule is Cc1ncsc1-c1ccc(CCC(=O)C2CC(O)CN2C(=O)C(NC(=O)CC(C)(C)C)C(C)C)cc1. The molecular weight excluding hydrogens is 474 g/mol. The van der Waals surface area contributed by atoms with Crippen LogP contribution < -0.4 is 5.32 Å². The van der Waals surface area contributed by atoms with Gasteiger partial charge in [0.05, 0.1) is 28.2 Å². The molecule has 196 valence electrons. The summed E-state index contributed by atoms with van der Waals surface area (Å²) in [5.41, 5.74) is 4.78. The molecule has 1 saturated heterocycles. The van der Waals surface area contributed by atoms with Gasteiger partial charge in [0, 0.05) is 25.8 Å². The Balaban J connectivity index is 1.64. The lowest BCUT2D eigenvalue weighted by molar-refractivity contribution is -0.142. The molecule has 2 aromatic rings. The smallest absolute Gasteiger partial charge is 0.246 e. The second-order valence-corrected chi connectivity index (χ2v) is 12.2. The van der Waals surface area contributed by atoms with E-state index >= 15 is 0 Å². The number of aryl methyl sites for hydroxylation is 2. The van der Waals surface area contributed by atoms with Crippen molar-refractivity contribution in [2.24, 2.45) is 11.3 Å². The summed E-state index contributed by atoms with van der Waals surface area (Å²) in [4.78, 5) is 46.1. The van der Waals surface area contributed by atoms with Crippen molar-refractivity contribution in [3.8, 4) is 10.4 Å². The molecule has 3 rings (SSSR count). The number of likely N-dealkylation sites (tertiary alicyclic amines) is 1. The first kappa shape index (κ1) is 28.0. The molecule has 2 N–H and O–H groups in total. The van der Waals surface area contributed by atoms with Crippen molar-refractivity contribution in [1.29, 1.82) is 0 Å². The normalized spacial score (nSPS) is 18.9. The number of aliphatic hydroxyl groups excluding tert-OH is 1. The molecule has 3 unspecified atom stereocenters. The van der Waals surface area contributed by atoms with E-state index in [1.165, 1.54) is 4.90 Å². The lowest BCUT2D eigenvalue weighted by atomic mass is 9.91. The predicted molar refractivity (Wildman–Crippen MR) is 143 cm³/mol. The molecule has 2 amide bonds. The number of aliphatic hydroxyl groups is 1. The monoisotopic (exact) mass is 513 g/mol. The fraction of sp³-hybridized carbons (Fsp3) is 0.571. The first-order chi connectivity index (χ1) is 16.9. The van der Waals surface area contributed by atoms with Crippen molar-refractivity contribution >= 4 is 28.9 Å². The van der Waals surface area contributed by atoms with E-state index in [9.17, 15) is 19.5 Å². The molecule has 1 aliphatic heterocycles. The topological polar surface area (TPSA) is 99.6 Å². The van der Waals surface area contributed by atoms with Crippen LogP contribution in [0.25, 0.3) is 10.4 Å². The van der Waals surface area contributed by atoms with Crippen molar-refractivity contribution in [3.05, 3.63) is 41.0 Å². The number of benzene rings is 1. The zero-order valence-corrected chi connectivity index (χ0v) is 23.0. The summed E-state index contributed by atoms with van der Waals surface area (Å²) in [6.07, 6.45) is 0.627. The van der Waals surface area contributed by atoms with Gasteiger partial charge in [-0.05, 0) is 35.8 Å². The van der Waals surface area contributed by atoms with E-state index in [1.807, 2.05) is 71.3 Å². The number of hydrogen-bond acceptors (Lipinski definition) is 6. The van der Waals surface area contributed by atoms with E-state index < -0.39 is 18.2 Å². The molecule has 36 heavy (non-hydrogen) atoms. The van der Waals surface area contributed by atoms with Crippen molar-refractivity contribution in [1.82, 2.24) is 15.2 Å². The Morgan fingerprint density at radius 2 is 1.86 bits per heavy atom. The molecule has 1 aromatic carbocycles. The molecular formula is C28H39N3O4S. The standard InChI is InChI=1S/C28H39N3O4S/c1-17(2)25(30-24(34)14-28(4,5)6)27(35)31-15-21(32)13-22(31)23(33)12-9-19-7-10-20(11-8-19)26-18(3)29-16-36-26/h7-8,10-11,16-17,21-22,25,32H,9,12-15H2,1-6H3,(H,30,34). The fourth-order valence-electron chi connectivity index (χ4n) is 4.60.